The summed E-state index contributed by atoms with van der Waals surface area (Å²) in [6.45, 7) is 7.76. The van der Waals surface area contributed by atoms with Crippen LogP contribution in [0.4, 0.5) is 13.2 Å². The number of aryl methyl sites for hydroxylation is 2. The van der Waals surface area contributed by atoms with Gasteiger partial charge in [-0.05, 0) is 44.2 Å². The van der Waals surface area contributed by atoms with Crippen LogP contribution in [0.5, 0.6) is 0 Å². The largest absolute Gasteiger partial charge is 0.393 e. The number of hydrogen-bond donors (Lipinski definition) is 1. The minimum absolute atomic E-state index is 0.143. The second-order valence-electron chi connectivity index (χ2n) is 4.99. The Kier molecular flexibility index (Phi) is 8.54. The maximum atomic E-state index is 12.3. The van der Waals surface area contributed by atoms with Crippen LogP contribution in [0, 0.1) is 6.92 Å². The van der Waals surface area contributed by atoms with Crippen molar-refractivity contribution in [2.24, 2.45) is 5.73 Å². The van der Waals surface area contributed by atoms with Crippen LogP contribution >= 0.6 is 0 Å². The molecule has 0 aliphatic rings. The zero-order valence-corrected chi connectivity index (χ0v) is 12.8. The molecule has 0 spiro atoms. The van der Waals surface area contributed by atoms with Crippen LogP contribution in [-0.4, -0.2) is 12.2 Å². The fraction of sp³-hybridized carbons (Fsp3) is 0.625. The van der Waals surface area contributed by atoms with Gasteiger partial charge in [-0.25, -0.2) is 0 Å². The van der Waals surface area contributed by atoms with Gasteiger partial charge in [-0.1, -0.05) is 37.6 Å². The second kappa shape index (κ2) is 9.01. The second-order valence-corrected chi connectivity index (χ2v) is 4.99. The third-order valence-electron chi connectivity index (χ3n) is 2.73. The van der Waals surface area contributed by atoms with Crippen LogP contribution in [0.3, 0.4) is 0 Å². The van der Waals surface area contributed by atoms with Crippen molar-refractivity contribution in [2.45, 2.75) is 65.6 Å². The zero-order chi connectivity index (χ0) is 15.8. The van der Waals surface area contributed by atoms with Crippen LogP contribution in [0.15, 0.2) is 18.2 Å². The zero-order valence-electron chi connectivity index (χ0n) is 12.8. The molecule has 0 saturated carbocycles. The monoisotopic (exact) mass is 289 g/mol. The first-order valence-electron chi connectivity index (χ1n) is 7.18. The molecule has 4 heteroatoms. The molecule has 0 unspecified atom stereocenters. The summed E-state index contributed by atoms with van der Waals surface area (Å²) in [4.78, 5) is 0. The molecule has 20 heavy (non-hydrogen) atoms. The Morgan fingerprint density at radius 1 is 1.10 bits per heavy atom. The molecule has 116 valence electrons. The van der Waals surface area contributed by atoms with E-state index in [0.717, 1.165) is 30.4 Å². The maximum Gasteiger partial charge on any atom is 0.393 e. The minimum atomic E-state index is -4.14. The number of hydrogen-bond acceptors (Lipinski definition) is 1. The molecular formula is C16H26F3N. The molecule has 1 aromatic rings. The number of alkyl halides is 3. The normalized spacial score (nSPS) is 12.6. The van der Waals surface area contributed by atoms with Gasteiger partial charge in [-0.2, -0.15) is 13.2 Å². The van der Waals surface area contributed by atoms with Crippen molar-refractivity contribution < 1.29 is 13.2 Å². The Balaban J connectivity index is 0.00000172. The van der Waals surface area contributed by atoms with Crippen LogP contribution in [0.1, 0.15) is 50.3 Å². The summed E-state index contributed by atoms with van der Waals surface area (Å²) in [5.41, 5.74) is 7.85. The van der Waals surface area contributed by atoms with Crippen molar-refractivity contribution >= 4 is 0 Å². The Labute approximate surface area is 120 Å². The van der Waals surface area contributed by atoms with Gasteiger partial charge in [0.05, 0.1) is 6.42 Å². The van der Waals surface area contributed by atoms with Gasteiger partial charge in [0.1, 0.15) is 0 Å². The van der Waals surface area contributed by atoms with E-state index in [1.54, 1.807) is 12.1 Å². The Morgan fingerprint density at radius 3 is 2.15 bits per heavy atom. The molecule has 0 radical (unpaired) electrons. The summed E-state index contributed by atoms with van der Waals surface area (Å²) >= 11 is 0. The molecule has 0 aliphatic carbocycles. The van der Waals surface area contributed by atoms with E-state index >= 15 is 0 Å². The maximum absolute atomic E-state index is 12.3. The van der Waals surface area contributed by atoms with E-state index in [0.29, 0.717) is 5.56 Å². The van der Waals surface area contributed by atoms with E-state index in [9.17, 15) is 13.2 Å². The van der Waals surface area contributed by atoms with E-state index in [-0.39, 0.29) is 6.04 Å². The van der Waals surface area contributed by atoms with Crippen LogP contribution in [-0.2, 0) is 12.8 Å². The standard InChI is InChI=1S/C14H20F3N.C2H6/c1-10-6-12(5-3-4-11(2)18)8-13(7-10)9-14(15,16)17;1-2/h6-8,11H,3-5,9,18H2,1-2H3;1-2H3/t11-;/m0./s1. The Bertz CT molecular complexity index is 384. The lowest BCUT2D eigenvalue weighted by atomic mass is 9.99. The SMILES string of the molecule is CC.Cc1cc(CCC[C@H](C)N)cc(CC(F)(F)F)c1. The van der Waals surface area contributed by atoms with Crippen molar-refractivity contribution in [3.63, 3.8) is 0 Å². The molecule has 0 saturated heterocycles. The van der Waals surface area contributed by atoms with Crippen molar-refractivity contribution in [3.05, 3.63) is 34.9 Å². The third-order valence-corrected chi connectivity index (χ3v) is 2.73. The lowest BCUT2D eigenvalue weighted by Gasteiger charge is -2.10. The Morgan fingerprint density at radius 2 is 1.65 bits per heavy atom. The number of nitrogens with two attached hydrogens (primary N) is 1. The van der Waals surface area contributed by atoms with Gasteiger partial charge in [0.2, 0.25) is 0 Å². The van der Waals surface area contributed by atoms with Gasteiger partial charge in [-0.15, -0.1) is 0 Å². The fourth-order valence-corrected chi connectivity index (χ4v) is 2.05. The topological polar surface area (TPSA) is 26.0 Å². The summed E-state index contributed by atoms with van der Waals surface area (Å²) in [6.07, 6.45) is -2.41. The molecule has 0 aromatic heterocycles. The molecule has 0 amide bonds. The molecular weight excluding hydrogens is 263 g/mol. The average molecular weight is 289 g/mol. The summed E-state index contributed by atoms with van der Waals surface area (Å²) in [6, 6.07) is 5.34. The van der Waals surface area contributed by atoms with Crippen LogP contribution in [0.2, 0.25) is 0 Å². The molecule has 0 bridgehead atoms. The lowest BCUT2D eigenvalue weighted by molar-refractivity contribution is -0.127. The minimum Gasteiger partial charge on any atom is -0.328 e. The highest BCUT2D eigenvalue weighted by Crippen LogP contribution is 2.23. The quantitative estimate of drug-likeness (QED) is 0.828. The van der Waals surface area contributed by atoms with Crippen molar-refractivity contribution in [3.8, 4) is 0 Å². The number of halogens is 3. The van der Waals surface area contributed by atoms with Gasteiger partial charge in [0, 0.05) is 6.04 Å². The molecule has 0 aliphatic heterocycles. The molecule has 2 N–H and O–H groups in total. The lowest BCUT2D eigenvalue weighted by Crippen LogP contribution is -2.14. The Hall–Kier alpha value is -1.03. The van der Waals surface area contributed by atoms with Gasteiger partial charge in [-0.3, -0.25) is 0 Å². The highest BCUT2D eigenvalue weighted by molar-refractivity contribution is 5.30. The van der Waals surface area contributed by atoms with E-state index in [2.05, 4.69) is 0 Å². The molecule has 0 fully saturated rings. The van der Waals surface area contributed by atoms with Crippen LogP contribution < -0.4 is 5.73 Å². The first-order valence-corrected chi connectivity index (χ1v) is 7.18. The van der Waals surface area contributed by atoms with Crippen molar-refractivity contribution in [2.75, 3.05) is 0 Å². The highest BCUT2D eigenvalue weighted by atomic mass is 19.4. The van der Waals surface area contributed by atoms with Crippen molar-refractivity contribution in [1.82, 2.24) is 0 Å². The summed E-state index contributed by atoms with van der Waals surface area (Å²) in [5.74, 6) is 0. The smallest absolute Gasteiger partial charge is 0.328 e. The first kappa shape index (κ1) is 19.0. The number of rotatable bonds is 5. The molecule has 1 aromatic carbocycles. The number of benzene rings is 1. The summed E-state index contributed by atoms with van der Waals surface area (Å²) in [7, 11) is 0. The molecule has 1 rings (SSSR count). The molecule has 1 nitrogen and oxygen atoms in total. The predicted molar refractivity (Wildman–Crippen MR) is 78.9 cm³/mol. The highest BCUT2D eigenvalue weighted by Gasteiger charge is 2.27. The van der Waals surface area contributed by atoms with E-state index in [4.69, 9.17) is 5.73 Å². The van der Waals surface area contributed by atoms with Gasteiger partial charge in [0.25, 0.3) is 0 Å². The van der Waals surface area contributed by atoms with Crippen LogP contribution in [0.25, 0.3) is 0 Å². The van der Waals surface area contributed by atoms with Gasteiger partial charge < -0.3 is 5.73 Å². The van der Waals surface area contributed by atoms with E-state index < -0.39 is 12.6 Å². The van der Waals surface area contributed by atoms with Gasteiger partial charge >= 0.3 is 6.18 Å². The molecule has 1 atom stereocenters. The first-order chi connectivity index (χ1) is 9.26. The van der Waals surface area contributed by atoms with E-state index in [1.165, 1.54) is 0 Å². The average Bonchev–Trinajstić information content (AvgIpc) is 2.27. The molecule has 0 heterocycles. The third kappa shape index (κ3) is 8.97. The van der Waals surface area contributed by atoms with Gasteiger partial charge in [0.15, 0.2) is 0 Å². The van der Waals surface area contributed by atoms with Crippen molar-refractivity contribution in [1.29, 1.82) is 0 Å². The summed E-state index contributed by atoms with van der Waals surface area (Å²) in [5, 5.41) is 0. The fourth-order valence-electron chi connectivity index (χ4n) is 2.05. The van der Waals surface area contributed by atoms with E-state index in [1.807, 2.05) is 33.8 Å². The summed E-state index contributed by atoms with van der Waals surface area (Å²) < 4.78 is 37.0. The predicted octanol–water partition coefficient (Wildman–Crippen LogP) is 4.80.